The molecule has 4 aromatic carbocycles. The lowest BCUT2D eigenvalue weighted by Crippen LogP contribution is -2.28. The minimum absolute atomic E-state index is 0.0183. The third-order valence-electron chi connectivity index (χ3n) is 8.32. The molecule has 3 heteroatoms. The number of rotatable bonds is 3. The zero-order valence-electron chi connectivity index (χ0n) is 21.2. The molecular formula is C35H27N3. The van der Waals surface area contributed by atoms with E-state index in [4.69, 9.17) is 9.97 Å². The topological polar surface area (TPSA) is 49.6 Å². The van der Waals surface area contributed by atoms with E-state index in [2.05, 4.69) is 66.7 Å². The summed E-state index contributed by atoms with van der Waals surface area (Å²) in [5, 5.41) is 9.59. The second-order valence-electron chi connectivity index (χ2n) is 10.5. The van der Waals surface area contributed by atoms with Gasteiger partial charge in [0.15, 0.2) is 5.82 Å². The fraction of sp³-hybridized carbons (Fsp3) is 0.171. The summed E-state index contributed by atoms with van der Waals surface area (Å²) in [7, 11) is 0. The Bertz CT molecular complexity index is 1630. The van der Waals surface area contributed by atoms with Crippen LogP contribution in [-0.2, 0) is 5.41 Å². The third-order valence-corrected chi connectivity index (χ3v) is 8.32. The molecule has 1 spiro atoms. The van der Waals surface area contributed by atoms with E-state index in [1.54, 1.807) is 0 Å². The van der Waals surface area contributed by atoms with Crippen molar-refractivity contribution < 1.29 is 0 Å². The molecule has 5 aromatic rings. The van der Waals surface area contributed by atoms with Gasteiger partial charge < -0.3 is 0 Å². The molecule has 0 saturated heterocycles. The smallest absolute Gasteiger partial charge is 0.160 e. The molecule has 0 unspecified atom stereocenters. The molecular weight excluding hydrogens is 462 g/mol. The van der Waals surface area contributed by atoms with Gasteiger partial charge >= 0.3 is 0 Å². The molecule has 7 rings (SSSR count). The van der Waals surface area contributed by atoms with Gasteiger partial charge in [-0.15, -0.1) is 0 Å². The van der Waals surface area contributed by atoms with Gasteiger partial charge in [-0.1, -0.05) is 98.1 Å². The van der Waals surface area contributed by atoms with E-state index in [9.17, 15) is 5.26 Å². The molecule has 3 nitrogen and oxygen atoms in total. The summed E-state index contributed by atoms with van der Waals surface area (Å²) in [5.74, 6) is 0.733. The number of nitriles is 1. The van der Waals surface area contributed by atoms with Gasteiger partial charge in [0.05, 0.1) is 23.0 Å². The molecule has 1 saturated carbocycles. The molecule has 0 amide bonds. The largest absolute Gasteiger partial charge is 0.228 e. The predicted molar refractivity (Wildman–Crippen MR) is 152 cm³/mol. The molecule has 38 heavy (non-hydrogen) atoms. The quantitative estimate of drug-likeness (QED) is 0.255. The Balaban J connectivity index is 1.42. The van der Waals surface area contributed by atoms with Gasteiger partial charge in [-0.05, 0) is 59.4 Å². The summed E-state index contributed by atoms with van der Waals surface area (Å²) in [5.41, 5.74) is 11.1. The summed E-state index contributed by atoms with van der Waals surface area (Å²) < 4.78 is 0. The number of hydrogen-bond donors (Lipinski definition) is 0. The van der Waals surface area contributed by atoms with Crippen LogP contribution in [0, 0.1) is 11.3 Å². The zero-order valence-corrected chi connectivity index (χ0v) is 21.2. The lowest BCUT2D eigenvalue weighted by atomic mass is 9.67. The molecule has 0 aliphatic heterocycles. The molecule has 1 fully saturated rings. The maximum absolute atomic E-state index is 9.59. The molecule has 0 radical (unpaired) electrons. The van der Waals surface area contributed by atoms with Crippen LogP contribution in [-0.4, -0.2) is 9.97 Å². The number of aromatic nitrogens is 2. The lowest BCUT2D eigenvalue weighted by molar-refractivity contribution is 0.353. The van der Waals surface area contributed by atoms with Crippen molar-refractivity contribution in [3.8, 4) is 51.1 Å². The highest BCUT2D eigenvalue weighted by atomic mass is 14.9. The highest BCUT2D eigenvalue weighted by Crippen LogP contribution is 2.56. The Labute approximate surface area is 223 Å². The normalized spacial score (nSPS) is 15.0. The van der Waals surface area contributed by atoms with Crippen molar-refractivity contribution in [2.24, 2.45) is 0 Å². The van der Waals surface area contributed by atoms with E-state index >= 15 is 0 Å². The molecule has 0 bridgehead atoms. The molecule has 0 N–H and O–H groups in total. The van der Waals surface area contributed by atoms with Gasteiger partial charge in [-0.2, -0.15) is 5.26 Å². The van der Waals surface area contributed by atoms with Crippen LogP contribution < -0.4 is 0 Å². The average Bonchev–Trinajstić information content (AvgIpc) is 3.26. The van der Waals surface area contributed by atoms with Gasteiger partial charge in [-0.3, -0.25) is 0 Å². The number of hydrogen-bond acceptors (Lipinski definition) is 3. The zero-order chi connectivity index (χ0) is 25.5. The summed E-state index contributed by atoms with van der Waals surface area (Å²) in [6, 6.07) is 38.1. The minimum Gasteiger partial charge on any atom is -0.228 e. The Morgan fingerprint density at radius 2 is 1.26 bits per heavy atom. The van der Waals surface area contributed by atoms with Crippen molar-refractivity contribution in [2.75, 3.05) is 0 Å². The van der Waals surface area contributed by atoms with Gasteiger partial charge in [0.1, 0.15) is 0 Å². The first-order valence-corrected chi connectivity index (χ1v) is 13.4. The van der Waals surface area contributed by atoms with Crippen LogP contribution in [0.25, 0.3) is 45.0 Å². The van der Waals surface area contributed by atoms with Crippen LogP contribution in [0.3, 0.4) is 0 Å². The second kappa shape index (κ2) is 9.08. The maximum Gasteiger partial charge on any atom is 0.160 e. The van der Waals surface area contributed by atoms with Gasteiger partial charge in [0.2, 0.25) is 0 Å². The fourth-order valence-corrected chi connectivity index (χ4v) is 6.50. The van der Waals surface area contributed by atoms with E-state index in [1.807, 2.05) is 42.5 Å². The Morgan fingerprint density at radius 3 is 1.97 bits per heavy atom. The Hall–Kier alpha value is -4.55. The predicted octanol–water partition coefficient (Wildman–Crippen LogP) is 8.58. The molecule has 182 valence electrons. The monoisotopic (exact) mass is 489 g/mol. The van der Waals surface area contributed by atoms with E-state index in [0.717, 1.165) is 52.3 Å². The van der Waals surface area contributed by atoms with Crippen molar-refractivity contribution in [1.29, 1.82) is 5.26 Å². The highest BCUT2D eigenvalue weighted by Gasteiger charge is 2.43. The van der Waals surface area contributed by atoms with Crippen molar-refractivity contribution in [3.63, 3.8) is 0 Å². The second-order valence-corrected chi connectivity index (χ2v) is 10.5. The first-order chi connectivity index (χ1) is 18.7. The molecule has 0 atom stereocenters. The van der Waals surface area contributed by atoms with Crippen LogP contribution in [0.2, 0.25) is 0 Å². The van der Waals surface area contributed by atoms with Crippen molar-refractivity contribution >= 4 is 0 Å². The summed E-state index contributed by atoms with van der Waals surface area (Å²) in [6.07, 6.45) is 6.04. The van der Waals surface area contributed by atoms with Crippen LogP contribution in [0.4, 0.5) is 0 Å². The molecule has 1 heterocycles. The molecule has 2 aliphatic carbocycles. The maximum atomic E-state index is 9.59. The number of nitrogens with zero attached hydrogens (tertiary/aromatic N) is 3. The molecule has 2 aliphatic rings. The van der Waals surface area contributed by atoms with E-state index in [1.165, 1.54) is 41.5 Å². The van der Waals surface area contributed by atoms with E-state index in [0.29, 0.717) is 0 Å². The third kappa shape index (κ3) is 3.64. The van der Waals surface area contributed by atoms with Crippen LogP contribution in [0.5, 0.6) is 0 Å². The van der Waals surface area contributed by atoms with Crippen molar-refractivity contribution in [2.45, 2.75) is 37.5 Å². The van der Waals surface area contributed by atoms with Gasteiger partial charge in [0, 0.05) is 22.1 Å². The first kappa shape index (κ1) is 22.6. The van der Waals surface area contributed by atoms with Crippen LogP contribution in [0.1, 0.15) is 48.8 Å². The van der Waals surface area contributed by atoms with Crippen molar-refractivity contribution in [1.82, 2.24) is 9.97 Å². The summed E-state index contributed by atoms with van der Waals surface area (Å²) in [4.78, 5) is 10.0. The summed E-state index contributed by atoms with van der Waals surface area (Å²) in [6.45, 7) is 0. The SMILES string of the molecule is N#Cc1ccc2c(c1)-c1ccc(-c3cc(-c4ccccc4)nc(-c4ccccc4)n3)cc1C21CCCCC1. The van der Waals surface area contributed by atoms with E-state index in [-0.39, 0.29) is 5.41 Å². The van der Waals surface area contributed by atoms with Crippen molar-refractivity contribution in [3.05, 3.63) is 120 Å². The minimum atomic E-state index is 0.0183. The fourth-order valence-electron chi connectivity index (χ4n) is 6.50. The number of benzene rings is 4. The Kier molecular flexibility index (Phi) is 5.41. The first-order valence-electron chi connectivity index (χ1n) is 13.4. The number of fused-ring (bicyclic) bond motifs is 5. The van der Waals surface area contributed by atoms with E-state index < -0.39 is 0 Å². The highest BCUT2D eigenvalue weighted by molar-refractivity contribution is 5.85. The van der Waals surface area contributed by atoms with Gasteiger partial charge in [-0.25, -0.2) is 9.97 Å². The summed E-state index contributed by atoms with van der Waals surface area (Å²) >= 11 is 0. The van der Waals surface area contributed by atoms with Gasteiger partial charge in [0.25, 0.3) is 0 Å². The standard InChI is InChI=1S/C35H27N3/c36-23-24-14-17-30-29(20-24)28-16-15-27(21-31(28)35(30)18-8-3-9-19-35)33-22-32(25-10-4-1-5-11-25)37-34(38-33)26-12-6-2-7-13-26/h1-2,4-7,10-17,20-22H,3,8-9,18-19H2. The Morgan fingerprint density at radius 1 is 0.579 bits per heavy atom. The van der Waals surface area contributed by atoms with Crippen LogP contribution in [0.15, 0.2) is 103 Å². The lowest BCUT2D eigenvalue weighted by Gasteiger charge is -2.36. The average molecular weight is 490 g/mol. The van der Waals surface area contributed by atoms with Crippen LogP contribution >= 0.6 is 0 Å². The molecule has 1 aromatic heterocycles.